The number of aromatic nitrogens is 3. The van der Waals surface area contributed by atoms with Crippen LogP contribution in [0.1, 0.15) is 157 Å². The van der Waals surface area contributed by atoms with E-state index >= 15 is 0 Å². The van der Waals surface area contributed by atoms with Crippen LogP contribution in [0.2, 0.25) is 0 Å². The molecular weight excluding hydrogens is 1300 g/mol. The van der Waals surface area contributed by atoms with E-state index in [1.165, 1.54) is 28.9 Å². The van der Waals surface area contributed by atoms with Crippen LogP contribution in [-0.4, -0.2) is 224 Å². The standard InChI is InChI=1S/C58H84FN13O25/c59-28-7-8-34-32-72(71-70-34)35-14-12-33(13-15-35)48(82)69-58(25-22-42(73)60-29-4-1-9-36(49(83)84)63-55(95)66-39(52(89)90)16-19-45(76)77,26-23-43(74)61-30-5-2-10-37(50(85)86)64-56(96)67-40(53(91)92)17-20-46(78)79)27-24-44(75)62-31-6-3-11-38(51(87)88)65-57(97)68-41(54(93)94)18-21-47(80)81/h12-15,32,36-41H,1-11,16-31H2,(H,60,73)(H,61,74)(H,62,75)(H,69,82)(H,76,77)(H,78,79)(H,80,81)(H,83,84)(H,85,86)(H,87,88)(H,89,90)(H,91,92)(H,93,94)(H2,63,66,95)(H2,64,67,96)(H2,65,68,97). The van der Waals surface area contributed by atoms with Crippen molar-refractivity contribution in [2.75, 3.05) is 26.3 Å². The number of nitrogens with zero attached hydrogens (tertiary/aromatic N) is 3. The van der Waals surface area contributed by atoms with Crippen LogP contribution in [0.15, 0.2) is 30.5 Å². The van der Waals surface area contributed by atoms with Crippen molar-refractivity contribution in [3.63, 3.8) is 0 Å². The van der Waals surface area contributed by atoms with E-state index in [4.69, 9.17) is 15.3 Å². The highest BCUT2D eigenvalue weighted by atomic mass is 19.1. The number of carboxylic acids is 9. The highest BCUT2D eigenvalue weighted by Gasteiger charge is 2.35. The highest BCUT2D eigenvalue weighted by Crippen LogP contribution is 2.27. The molecule has 6 unspecified atom stereocenters. The first kappa shape index (κ1) is 82.3. The first-order valence-corrected chi connectivity index (χ1v) is 30.8. The van der Waals surface area contributed by atoms with Crippen LogP contribution in [0, 0.1) is 0 Å². The van der Waals surface area contributed by atoms with Crippen molar-refractivity contribution in [2.24, 2.45) is 0 Å². The monoisotopic (exact) mass is 1380 g/mol. The predicted molar refractivity (Wildman–Crippen MR) is 328 cm³/mol. The Morgan fingerprint density at radius 3 is 1.01 bits per heavy atom. The minimum atomic E-state index is -1.65. The molecule has 0 saturated heterocycles. The van der Waals surface area contributed by atoms with E-state index in [-0.39, 0.29) is 128 Å². The Kier molecular flexibility index (Phi) is 37.3. The van der Waals surface area contributed by atoms with Crippen LogP contribution in [0.5, 0.6) is 0 Å². The van der Waals surface area contributed by atoms with Crippen molar-refractivity contribution in [1.29, 1.82) is 0 Å². The normalized spacial score (nSPS) is 13.3. The summed E-state index contributed by atoms with van der Waals surface area (Å²) in [5.41, 5.74) is -0.594. The van der Waals surface area contributed by atoms with Gasteiger partial charge in [-0.2, -0.15) is 0 Å². The van der Waals surface area contributed by atoms with Gasteiger partial charge >= 0.3 is 71.8 Å². The third kappa shape index (κ3) is 34.8. The van der Waals surface area contributed by atoms with Crippen LogP contribution in [0.4, 0.5) is 18.8 Å². The molecule has 0 aliphatic carbocycles. The number of halogens is 1. The number of carbonyl (C=O) groups is 16. The van der Waals surface area contributed by atoms with Gasteiger partial charge in [-0.25, -0.2) is 47.8 Å². The minimum Gasteiger partial charge on any atom is -0.481 e. The number of alkyl halides is 1. The second-order valence-electron chi connectivity index (χ2n) is 22.3. The van der Waals surface area contributed by atoms with Gasteiger partial charge in [0.05, 0.1) is 24.3 Å². The Balaban J connectivity index is 2.39. The summed E-state index contributed by atoms with van der Waals surface area (Å²) in [6.07, 6.45) is -3.18. The Morgan fingerprint density at radius 1 is 0.412 bits per heavy atom. The smallest absolute Gasteiger partial charge is 0.326 e. The summed E-state index contributed by atoms with van der Waals surface area (Å²) in [5.74, 6) is -15.8. The molecule has 0 radical (unpaired) electrons. The van der Waals surface area contributed by atoms with E-state index in [0.717, 1.165) is 0 Å². The van der Waals surface area contributed by atoms with E-state index in [1.807, 2.05) is 16.0 Å². The summed E-state index contributed by atoms with van der Waals surface area (Å²) in [6, 6.07) is -7.29. The van der Waals surface area contributed by atoms with Crippen molar-refractivity contribution in [3.05, 3.63) is 41.7 Å². The Morgan fingerprint density at radius 2 is 0.722 bits per heavy atom. The highest BCUT2D eigenvalue weighted by molar-refractivity contribution is 5.95. The summed E-state index contributed by atoms with van der Waals surface area (Å²) >= 11 is 0. The fourth-order valence-corrected chi connectivity index (χ4v) is 9.28. The number of amides is 10. The van der Waals surface area contributed by atoms with Gasteiger partial charge in [-0.05, 0) is 133 Å². The molecule has 0 saturated carbocycles. The molecule has 38 nitrogen and oxygen atoms in total. The van der Waals surface area contributed by atoms with Crippen LogP contribution in [0.3, 0.4) is 0 Å². The number of unbranched alkanes of at least 4 members (excludes halogenated alkanes) is 3. The molecule has 0 spiro atoms. The zero-order chi connectivity index (χ0) is 72.6. The number of carbonyl (C=O) groups excluding carboxylic acids is 7. The molecule has 0 aliphatic rings. The molecular formula is C58H84FN13O25. The second kappa shape index (κ2) is 44.0. The fourth-order valence-electron chi connectivity index (χ4n) is 9.28. The van der Waals surface area contributed by atoms with Crippen molar-refractivity contribution in [2.45, 2.75) is 189 Å². The molecule has 1 heterocycles. The molecule has 1 aromatic heterocycles. The minimum absolute atomic E-state index is 0.0498. The molecule has 39 heteroatoms. The fraction of sp³-hybridized carbons (Fsp3) is 0.586. The average molecular weight is 1380 g/mol. The van der Waals surface area contributed by atoms with E-state index in [0.29, 0.717) is 17.8 Å². The Labute approximate surface area is 552 Å². The number of aliphatic carboxylic acids is 9. The second-order valence-corrected chi connectivity index (χ2v) is 22.3. The number of aryl methyl sites for hydroxylation is 1. The molecule has 2 aromatic rings. The molecule has 0 aliphatic heterocycles. The van der Waals surface area contributed by atoms with Gasteiger partial charge in [-0.3, -0.25) is 38.0 Å². The Hall–Kier alpha value is -10.8. The molecule has 2 rings (SSSR count). The van der Waals surface area contributed by atoms with Crippen molar-refractivity contribution >= 4 is 95.4 Å². The zero-order valence-electron chi connectivity index (χ0n) is 52.7. The van der Waals surface area contributed by atoms with E-state index in [1.54, 1.807) is 6.20 Å². The molecule has 0 fully saturated rings. The summed E-state index contributed by atoms with van der Waals surface area (Å²) < 4.78 is 14.3. The third-order valence-corrected chi connectivity index (χ3v) is 14.7. The van der Waals surface area contributed by atoms with Crippen LogP contribution < -0.4 is 53.2 Å². The van der Waals surface area contributed by atoms with Gasteiger partial charge in [0.1, 0.15) is 36.3 Å². The summed E-state index contributed by atoms with van der Waals surface area (Å²) in [7, 11) is 0. The Bertz CT molecular complexity index is 2810. The van der Waals surface area contributed by atoms with Crippen LogP contribution >= 0.6 is 0 Å². The lowest BCUT2D eigenvalue weighted by Crippen LogP contribution is -2.51. The van der Waals surface area contributed by atoms with Crippen molar-refractivity contribution in [3.8, 4) is 5.69 Å². The number of hydrogen-bond donors (Lipinski definition) is 19. The van der Waals surface area contributed by atoms with Gasteiger partial charge in [0.15, 0.2) is 0 Å². The van der Waals surface area contributed by atoms with Gasteiger partial charge in [-0.15, -0.1) is 5.10 Å². The van der Waals surface area contributed by atoms with Crippen molar-refractivity contribution in [1.82, 2.24) is 68.2 Å². The number of nitrogens with one attached hydrogen (secondary N) is 10. The molecule has 10 amide bonds. The van der Waals surface area contributed by atoms with Crippen LogP contribution in [-0.2, 0) is 64.0 Å². The predicted octanol–water partition coefficient (Wildman–Crippen LogP) is 0.0493. The van der Waals surface area contributed by atoms with Gasteiger partial charge in [-0.1, -0.05) is 5.21 Å². The lowest BCUT2D eigenvalue weighted by Gasteiger charge is -2.35. The number of rotatable bonds is 51. The third-order valence-electron chi connectivity index (χ3n) is 14.7. The van der Waals surface area contributed by atoms with Gasteiger partial charge in [0.2, 0.25) is 17.7 Å². The van der Waals surface area contributed by atoms with Crippen LogP contribution in [0.25, 0.3) is 5.69 Å². The number of hydrogen-bond acceptors (Lipinski definition) is 18. The largest absolute Gasteiger partial charge is 0.481 e. The summed E-state index contributed by atoms with van der Waals surface area (Å²) in [6.45, 7) is -0.789. The van der Waals surface area contributed by atoms with Gasteiger partial charge < -0.3 is 99.1 Å². The summed E-state index contributed by atoms with van der Waals surface area (Å²) in [4.78, 5) is 196. The topological polar surface area (TPSA) is 606 Å². The number of benzene rings is 1. The maximum Gasteiger partial charge on any atom is 0.326 e. The quantitative estimate of drug-likeness (QED) is 0.0389. The van der Waals surface area contributed by atoms with Gasteiger partial charge in [0.25, 0.3) is 5.91 Å². The van der Waals surface area contributed by atoms with E-state index in [2.05, 4.69) is 47.5 Å². The maximum atomic E-state index is 14.4. The molecule has 538 valence electrons. The molecule has 97 heavy (non-hydrogen) atoms. The molecule has 0 bridgehead atoms. The lowest BCUT2D eigenvalue weighted by molar-refractivity contribution is -0.142. The van der Waals surface area contributed by atoms with E-state index in [9.17, 15) is 112 Å². The zero-order valence-corrected chi connectivity index (χ0v) is 52.7. The number of carboxylic acid groups (broad SMARTS) is 9. The maximum absolute atomic E-state index is 14.4. The van der Waals surface area contributed by atoms with Gasteiger partial charge in [0, 0.05) is 69.3 Å². The first-order valence-electron chi connectivity index (χ1n) is 30.8. The molecule has 1 aromatic carbocycles. The average Bonchev–Trinajstić information content (AvgIpc) is 1.83. The first-order chi connectivity index (χ1) is 45.8. The molecule has 19 N–H and O–H groups in total. The lowest BCUT2D eigenvalue weighted by atomic mass is 9.82. The summed E-state index contributed by atoms with van der Waals surface area (Å²) in [5, 5.41) is 116. The SMILES string of the molecule is O=C(O)CCC(NC(=O)NC(CCCCNC(=O)CCC(CCC(=O)NCCCCC(NC(=O)NC(CCC(=O)O)C(=O)O)C(=O)O)(CCC(=O)NCCCCC(NC(=O)NC(CCC(=O)O)C(=O)O)C(=O)O)NC(=O)c1ccc(-n2cc(CCCF)nn2)cc1)C(=O)O)C(=O)O. The molecule has 6 atom stereocenters. The van der Waals surface area contributed by atoms with Crippen molar-refractivity contribution < 1.29 is 127 Å². The number of urea groups is 3. The van der Waals surface area contributed by atoms with E-state index < -0.39 is 182 Å².